The summed E-state index contributed by atoms with van der Waals surface area (Å²) < 4.78 is 37.1. The third kappa shape index (κ3) is 506. The zero-order valence-corrected chi connectivity index (χ0v) is 41.7. The van der Waals surface area contributed by atoms with Crippen LogP contribution in [0.15, 0.2) is 4.99 Å². The highest BCUT2D eigenvalue weighted by atomic mass is 32.2. The predicted octanol–water partition coefficient (Wildman–Crippen LogP) is 1.53. The summed E-state index contributed by atoms with van der Waals surface area (Å²) in [4.78, 5) is 81.4. The third-order valence-electron chi connectivity index (χ3n) is 2.94. The van der Waals surface area contributed by atoms with E-state index in [9.17, 15) is 51.0 Å². The molecule has 57 heavy (non-hydrogen) atoms. The van der Waals surface area contributed by atoms with Crippen molar-refractivity contribution in [3.63, 3.8) is 0 Å². The van der Waals surface area contributed by atoms with Crippen LogP contribution in [0.5, 0.6) is 0 Å². The van der Waals surface area contributed by atoms with Gasteiger partial charge in [0.25, 0.3) is 0 Å². The van der Waals surface area contributed by atoms with Crippen molar-refractivity contribution in [2.24, 2.45) is 4.99 Å². The van der Waals surface area contributed by atoms with Gasteiger partial charge in [-0.15, -0.1) is 0 Å². The molecular formula is C34H81N7O13S3. The maximum absolute atomic E-state index is 9.96. The van der Waals surface area contributed by atoms with Crippen LogP contribution in [0.3, 0.4) is 0 Å². The number of amides is 5. The normalized spacial score (nSPS) is 7.67. The Morgan fingerprint density at radius 3 is 0.842 bits per heavy atom. The van der Waals surface area contributed by atoms with E-state index < -0.39 is 26.7 Å². The van der Waals surface area contributed by atoms with Gasteiger partial charge >= 0.3 is 18.1 Å². The van der Waals surface area contributed by atoms with E-state index in [1.807, 2.05) is 26.5 Å². The molecule has 348 valence electrons. The highest BCUT2D eigenvalue weighted by Gasteiger charge is 1.94. The molecule has 0 aliphatic rings. The first-order valence-corrected chi connectivity index (χ1v) is 22.0. The van der Waals surface area contributed by atoms with E-state index in [4.69, 9.17) is 0 Å². The number of thioether (sulfide) groups is 1. The third-order valence-corrected chi connectivity index (χ3v) is 2.94. The number of urea groups is 1. The maximum Gasteiger partial charge on any atom is 0.406 e. The topological polar surface area (TPSA) is 291 Å². The molecule has 0 aliphatic carbocycles. The van der Waals surface area contributed by atoms with Crippen LogP contribution in [0.2, 0.25) is 0 Å². The number of aliphatic imine (C=N–C) groups is 1. The highest BCUT2D eigenvalue weighted by Crippen LogP contribution is 1.70. The number of carbonyl (C=O) groups excluding carboxylic acids is 8. The van der Waals surface area contributed by atoms with Crippen LogP contribution in [0.25, 0.3) is 0 Å². The van der Waals surface area contributed by atoms with Crippen molar-refractivity contribution in [3.8, 4) is 0 Å². The molecule has 0 aliphatic heterocycles. The van der Waals surface area contributed by atoms with Crippen molar-refractivity contribution in [3.05, 3.63) is 0 Å². The van der Waals surface area contributed by atoms with Crippen LogP contribution in [0.4, 0.5) is 9.59 Å². The molecular weight excluding hydrogens is 811 g/mol. The molecule has 0 aromatic heterocycles. The Balaban J connectivity index is -0.0000000389. The summed E-state index contributed by atoms with van der Waals surface area (Å²) in [7, 11) is 10.9. The Bertz CT molecular complexity index is 988. The number of nitrogens with one attached hydrogen (secondary N) is 6. The summed E-state index contributed by atoms with van der Waals surface area (Å²) in [6.45, 7) is 14.9. The molecule has 0 fully saturated rings. The minimum atomic E-state index is -2.67. The summed E-state index contributed by atoms with van der Waals surface area (Å²) in [5, 5.41) is 14.7. The van der Waals surface area contributed by atoms with Gasteiger partial charge in [0.05, 0.1) is 14.2 Å². The SMILES string of the molecule is CC(=O)C(C)=O.CC(C)=O.CC=NC.CCNC.CNC(=O)NC.CNC(=O)OC.CNC(C)=O.CNC(C)=O.COC(C)=O.CS(C)(=O)=O.CS(C)=O.CSC. The molecule has 0 heterocycles. The van der Waals surface area contributed by atoms with E-state index in [0.29, 0.717) is 0 Å². The van der Waals surface area contributed by atoms with Crippen LogP contribution < -0.4 is 31.9 Å². The van der Waals surface area contributed by atoms with E-state index in [0.717, 1.165) is 19.1 Å². The standard InChI is InChI=1S/C4H6O2.C3H8N2O.C3H7NO2.2C3H7NO.C3H9N.C3H7N.C3H6O2.C3H6O.C2H6O2S.C2H6OS.C2H6S/c1-3(5)4(2)6;1-4-3(6)5-2;1-4-3(5)6-2;2*1-3(5)4-2;2*1-3-4-2;1-3(4)5-2;1-3(2)4;1-5(2,3)4;1-4(2)3;1-3-2/h1-2H3;1-2H3,(H2,4,5,6);1-2H3,(H,4,5);2*1-2H3,(H,4,5);4H,3H2,1-2H3;3H,1-2H3;1-2H3;1-2H3;1-2H3;1-2H3;1-2H3. The molecule has 23 heteroatoms. The molecule has 0 unspecified atom stereocenters. The fourth-order valence-electron chi connectivity index (χ4n) is 0.227. The molecule has 0 radical (unpaired) electrons. The molecule has 5 amide bonds. The van der Waals surface area contributed by atoms with Gasteiger partial charge in [0.2, 0.25) is 11.8 Å². The molecule has 0 bridgehead atoms. The van der Waals surface area contributed by atoms with E-state index in [1.165, 1.54) is 69.7 Å². The fourth-order valence-corrected chi connectivity index (χ4v) is 0.227. The molecule has 0 saturated heterocycles. The van der Waals surface area contributed by atoms with Gasteiger partial charge in [0.15, 0.2) is 11.6 Å². The minimum absolute atomic E-state index is 0.00463. The van der Waals surface area contributed by atoms with Crippen molar-refractivity contribution in [2.45, 2.75) is 62.3 Å². The van der Waals surface area contributed by atoms with Gasteiger partial charge in [-0.25, -0.2) is 18.0 Å². The van der Waals surface area contributed by atoms with Crippen LogP contribution >= 0.6 is 11.8 Å². The first-order chi connectivity index (χ1) is 25.8. The van der Waals surface area contributed by atoms with Gasteiger partial charge in [-0.1, -0.05) is 6.92 Å². The lowest BCUT2D eigenvalue weighted by Crippen LogP contribution is -2.28. The summed E-state index contributed by atoms with van der Waals surface area (Å²) >= 11 is 1.75. The Hall–Kier alpha value is -3.96. The van der Waals surface area contributed by atoms with Gasteiger partial charge in [-0.3, -0.25) is 28.2 Å². The second-order valence-electron chi connectivity index (χ2n) is 9.42. The van der Waals surface area contributed by atoms with Gasteiger partial charge < -0.3 is 51.2 Å². The lowest BCUT2D eigenvalue weighted by atomic mass is 10.3. The number of Topliss-reactive ketones (excluding diaryl/α,β-unsaturated/α-hetero) is 3. The number of rotatable bonds is 2. The molecule has 20 nitrogen and oxygen atoms in total. The molecule has 0 aromatic rings. The number of hydrogen-bond acceptors (Lipinski definition) is 16. The Morgan fingerprint density at radius 1 is 0.667 bits per heavy atom. The van der Waals surface area contributed by atoms with Crippen molar-refractivity contribution in [2.75, 3.05) is 108 Å². The predicted molar refractivity (Wildman–Crippen MR) is 240 cm³/mol. The van der Waals surface area contributed by atoms with E-state index in [-0.39, 0.29) is 41.2 Å². The lowest BCUT2D eigenvalue weighted by Gasteiger charge is -1.91. The van der Waals surface area contributed by atoms with Gasteiger partial charge in [0.1, 0.15) is 15.6 Å². The first kappa shape index (κ1) is 85.3. The number of sulfone groups is 1. The van der Waals surface area contributed by atoms with Crippen molar-refractivity contribution >= 4 is 85.9 Å². The average Bonchev–Trinajstić information content (AvgIpc) is 3.11. The molecule has 0 rings (SSSR count). The van der Waals surface area contributed by atoms with Crippen molar-refractivity contribution in [1.29, 1.82) is 0 Å². The molecule has 0 spiro atoms. The van der Waals surface area contributed by atoms with Crippen LogP contribution in [0.1, 0.15) is 62.3 Å². The van der Waals surface area contributed by atoms with Crippen molar-refractivity contribution < 1.29 is 60.5 Å². The maximum atomic E-state index is 9.96. The Morgan fingerprint density at radius 2 is 0.842 bits per heavy atom. The monoisotopic (exact) mass is 892 g/mol. The van der Waals surface area contributed by atoms with E-state index in [2.05, 4.69) is 53.3 Å². The quantitative estimate of drug-likeness (QED) is 0.130. The molecule has 0 aromatic carbocycles. The largest absolute Gasteiger partial charge is 0.469 e. The molecule has 6 N–H and O–H groups in total. The molecule has 0 atom stereocenters. The lowest BCUT2D eigenvalue weighted by molar-refractivity contribution is -0.138. The summed E-state index contributed by atoms with van der Waals surface area (Å²) in [5.74, 6) is -0.829. The molecule has 0 saturated carbocycles. The van der Waals surface area contributed by atoms with Gasteiger partial charge in [0, 0.05) is 113 Å². The van der Waals surface area contributed by atoms with Crippen LogP contribution in [-0.2, 0) is 58.9 Å². The van der Waals surface area contributed by atoms with Crippen molar-refractivity contribution in [1.82, 2.24) is 31.9 Å². The van der Waals surface area contributed by atoms with Gasteiger partial charge in [-0.2, -0.15) is 11.8 Å². The minimum Gasteiger partial charge on any atom is -0.469 e. The number of hydrogen-bond donors (Lipinski definition) is 6. The number of ether oxygens (including phenoxy) is 2. The summed E-state index contributed by atoms with van der Waals surface area (Å²) in [6.07, 6.45) is 11.0. The highest BCUT2D eigenvalue weighted by molar-refractivity contribution is 7.97. The van der Waals surface area contributed by atoms with Crippen LogP contribution in [0, 0.1) is 0 Å². The number of ketones is 3. The average molecular weight is 892 g/mol. The zero-order chi connectivity index (χ0) is 49.2. The zero-order valence-electron chi connectivity index (χ0n) is 39.3. The number of alkyl carbamates (subject to hydrolysis) is 1. The van der Waals surface area contributed by atoms with Crippen LogP contribution in [-0.4, -0.2) is 174 Å². The number of carbonyl (C=O) groups is 8. The Kier molecular flexibility index (Phi) is 120. The second kappa shape index (κ2) is 80.5. The Labute approximate surface area is 352 Å². The fraction of sp³-hybridized carbons (Fsp3) is 0.735. The second-order valence-corrected chi connectivity index (χ2v) is 14.0. The van der Waals surface area contributed by atoms with E-state index in [1.54, 1.807) is 65.7 Å². The number of nitrogens with zero attached hydrogens (tertiary/aromatic N) is 1. The van der Waals surface area contributed by atoms with E-state index >= 15 is 0 Å². The summed E-state index contributed by atoms with van der Waals surface area (Å²) in [6, 6.07) is -0.157. The summed E-state index contributed by atoms with van der Waals surface area (Å²) in [5.41, 5.74) is 0. The van der Waals surface area contributed by atoms with Gasteiger partial charge in [-0.05, 0) is 53.1 Å². The first-order valence-electron chi connectivity index (χ1n) is 16.2. The number of esters is 1. The smallest absolute Gasteiger partial charge is 0.406 e. The number of methoxy groups -OCH3 is 2.